The molecule has 1 saturated carbocycles. The van der Waals surface area contributed by atoms with E-state index < -0.39 is 29.3 Å². The third-order valence-electron chi connectivity index (χ3n) is 6.13. The number of carbonyl (C=O) groups is 2. The summed E-state index contributed by atoms with van der Waals surface area (Å²) in [4.78, 5) is 29.2. The molecule has 0 radical (unpaired) electrons. The molecule has 5 N–H and O–H groups in total. The molecule has 3 unspecified atom stereocenters. The summed E-state index contributed by atoms with van der Waals surface area (Å²) in [5.74, 6) is -0.843. The molecule has 6 nitrogen and oxygen atoms in total. The lowest BCUT2D eigenvalue weighted by Crippen LogP contribution is -2.52. The highest BCUT2D eigenvalue weighted by Crippen LogP contribution is 2.45. The summed E-state index contributed by atoms with van der Waals surface area (Å²) >= 11 is 1.43. The number of aliphatic hydroxyl groups is 1. The van der Waals surface area contributed by atoms with Gasteiger partial charge in [-0.1, -0.05) is 46.0 Å². The quantitative estimate of drug-likeness (QED) is 0.520. The van der Waals surface area contributed by atoms with Crippen LogP contribution in [0.25, 0.3) is 0 Å². The monoisotopic (exact) mass is 409 g/mol. The zero-order valence-electron chi connectivity index (χ0n) is 17.1. The number of primary amides is 2. The first kappa shape index (κ1) is 22.8. The molecule has 1 aliphatic rings. The van der Waals surface area contributed by atoms with Gasteiger partial charge in [-0.3, -0.25) is 9.59 Å². The molecule has 1 fully saturated rings. The normalized spacial score (nSPS) is 19.9. The van der Waals surface area contributed by atoms with Crippen LogP contribution in [0.15, 0.2) is 11.6 Å². The number of thiazole rings is 1. The first-order chi connectivity index (χ1) is 13.2. The average molecular weight is 410 g/mol. The Morgan fingerprint density at radius 1 is 1.29 bits per heavy atom. The maximum absolute atomic E-state index is 12.8. The van der Waals surface area contributed by atoms with Crippen molar-refractivity contribution in [1.29, 1.82) is 0 Å². The third-order valence-corrected chi connectivity index (χ3v) is 6.91. The van der Waals surface area contributed by atoms with Crippen LogP contribution in [-0.4, -0.2) is 28.0 Å². The van der Waals surface area contributed by atoms with Crippen LogP contribution in [0.4, 0.5) is 0 Å². The van der Waals surface area contributed by atoms with E-state index in [-0.39, 0.29) is 18.8 Å². The van der Waals surface area contributed by atoms with Gasteiger partial charge in [0, 0.05) is 30.3 Å². The summed E-state index contributed by atoms with van der Waals surface area (Å²) in [6, 6.07) is 0. The standard InChI is InChI=1S/C21H35N3O3S/c1-14(2)10-17(25)16(11-15-6-4-3-5-7-15)21(20(23)27,12-18(22)26)13-19-24-8-9-28-19/h8-9,14-17,25H,3-7,10-13H2,1-2H3,(H2,22,26)(H2,23,27). The lowest BCUT2D eigenvalue weighted by atomic mass is 9.62. The largest absolute Gasteiger partial charge is 0.393 e. The first-order valence-corrected chi connectivity index (χ1v) is 11.3. The van der Waals surface area contributed by atoms with Gasteiger partial charge in [-0.15, -0.1) is 11.3 Å². The number of rotatable bonds is 11. The fraction of sp³-hybridized carbons (Fsp3) is 0.762. The van der Waals surface area contributed by atoms with Crippen molar-refractivity contribution in [3.63, 3.8) is 0 Å². The third kappa shape index (κ3) is 6.01. The zero-order chi connectivity index (χ0) is 20.7. The average Bonchev–Trinajstić information content (AvgIpc) is 3.11. The molecular formula is C21H35N3O3S. The van der Waals surface area contributed by atoms with Gasteiger partial charge in [-0.25, -0.2) is 4.98 Å². The van der Waals surface area contributed by atoms with Crippen LogP contribution in [0.3, 0.4) is 0 Å². The van der Waals surface area contributed by atoms with Crippen molar-refractivity contribution >= 4 is 23.2 Å². The van der Waals surface area contributed by atoms with Gasteiger partial charge < -0.3 is 16.6 Å². The van der Waals surface area contributed by atoms with Crippen LogP contribution in [0, 0.1) is 23.2 Å². The van der Waals surface area contributed by atoms with E-state index in [0.717, 1.165) is 17.8 Å². The van der Waals surface area contributed by atoms with Crippen molar-refractivity contribution in [3.8, 4) is 0 Å². The fourth-order valence-electron chi connectivity index (χ4n) is 4.78. The van der Waals surface area contributed by atoms with E-state index in [1.165, 1.54) is 30.6 Å². The minimum Gasteiger partial charge on any atom is -0.393 e. The van der Waals surface area contributed by atoms with Crippen molar-refractivity contribution in [2.75, 3.05) is 0 Å². The first-order valence-electron chi connectivity index (χ1n) is 10.4. The summed E-state index contributed by atoms with van der Waals surface area (Å²) in [7, 11) is 0. The molecular weight excluding hydrogens is 374 g/mol. The number of hydrogen-bond donors (Lipinski definition) is 3. The number of carbonyl (C=O) groups excluding carboxylic acids is 2. The number of aliphatic hydroxyl groups excluding tert-OH is 1. The summed E-state index contributed by atoms with van der Waals surface area (Å²) in [6.45, 7) is 4.09. The second kappa shape index (κ2) is 10.3. The highest BCUT2D eigenvalue weighted by Gasteiger charge is 2.49. The smallest absolute Gasteiger partial charge is 0.224 e. The molecule has 0 saturated heterocycles. The van der Waals surface area contributed by atoms with Crippen molar-refractivity contribution in [2.45, 2.75) is 77.7 Å². The minimum atomic E-state index is -1.21. The highest BCUT2D eigenvalue weighted by molar-refractivity contribution is 7.09. The molecule has 0 aromatic carbocycles. The Labute approximate surface area is 172 Å². The summed E-state index contributed by atoms with van der Waals surface area (Å²) in [5, 5.41) is 13.7. The van der Waals surface area contributed by atoms with Gasteiger partial charge >= 0.3 is 0 Å². The Morgan fingerprint density at radius 2 is 1.96 bits per heavy atom. The highest BCUT2D eigenvalue weighted by atomic mass is 32.1. The molecule has 1 aliphatic carbocycles. The second-order valence-corrected chi connectivity index (χ2v) is 9.79. The van der Waals surface area contributed by atoms with E-state index in [2.05, 4.69) is 4.98 Å². The second-order valence-electron chi connectivity index (χ2n) is 8.81. The van der Waals surface area contributed by atoms with Crippen LogP contribution in [-0.2, 0) is 16.0 Å². The Morgan fingerprint density at radius 3 is 2.46 bits per heavy atom. The Kier molecular flexibility index (Phi) is 8.43. The van der Waals surface area contributed by atoms with E-state index in [4.69, 9.17) is 11.5 Å². The molecule has 28 heavy (non-hydrogen) atoms. The van der Waals surface area contributed by atoms with Gasteiger partial charge in [0.25, 0.3) is 0 Å². The van der Waals surface area contributed by atoms with E-state index in [1.807, 2.05) is 19.2 Å². The zero-order valence-corrected chi connectivity index (χ0v) is 17.9. The van der Waals surface area contributed by atoms with Gasteiger partial charge in [0.1, 0.15) is 0 Å². The predicted molar refractivity (Wildman–Crippen MR) is 111 cm³/mol. The Balaban J connectivity index is 2.43. The fourth-order valence-corrected chi connectivity index (χ4v) is 5.52. The van der Waals surface area contributed by atoms with Crippen molar-refractivity contribution in [2.24, 2.45) is 34.6 Å². The Bertz CT molecular complexity index is 629. The molecule has 7 heteroatoms. The summed E-state index contributed by atoms with van der Waals surface area (Å²) < 4.78 is 0. The van der Waals surface area contributed by atoms with Crippen LogP contribution >= 0.6 is 11.3 Å². The molecule has 158 valence electrons. The van der Waals surface area contributed by atoms with Gasteiger partial charge in [0.2, 0.25) is 11.8 Å². The lowest BCUT2D eigenvalue weighted by molar-refractivity contribution is -0.141. The maximum Gasteiger partial charge on any atom is 0.224 e. The molecule has 1 aromatic rings. The number of nitrogens with two attached hydrogens (primary N) is 2. The number of aromatic nitrogens is 1. The lowest BCUT2D eigenvalue weighted by Gasteiger charge is -2.42. The van der Waals surface area contributed by atoms with Crippen LogP contribution in [0.5, 0.6) is 0 Å². The summed E-state index contributed by atoms with van der Waals surface area (Å²) in [6.07, 6.45) is 8.05. The Hall–Kier alpha value is -1.47. The van der Waals surface area contributed by atoms with Crippen molar-refractivity contribution < 1.29 is 14.7 Å². The van der Waals surface area contributed by atoms with Gasteiger partial charge in [-0.2, -0.15) is 0 Å². The van der Waals surface area contributed by atoms with Crippen LogP contribution in [0.2, 0.25) is 0 Å². The SMILES string of the molecule is CC(C)CC(O)C(CC1CCCCC1)C(CC(N)=O)(Cc1nccs1)C(N)=O. The van der Waals surface area contributed by atoms with E-state index in [9.17, 15) is 14.7 Å². The molecule has 3 atom stereocenters. The van der Waals surface area contributed by atoms with Gasteiger partial charge in [-0.05, 0) is 24.7 Å². The molecule has 2 amide bonds. The predicted octanol–water partition coefficient (Wildman–Crippen LogP) is 3.03. The van der Waals surface area contributed by atoms with Gasteiger partial charge in [0.05, 0.1) is 16.5 Å². The van der Waals surface area contributed by atoms with Crippen LogP contribution < -0.4 is 11.5 Å². The molecule has 0 bridgehead atoms. The van der Waals surface area contributed by atoms with E-state index in [1.54, 1.807) is 6.20 Å². The topological polar surface area (TPSA) is 119 Å². The van der Waals surface area contributed by atoms with Crippen molar-refractivity contribution in [3.05, 3.63) is 16.6 Å². The number of hydrogen-bond acceptors (Lipinski definition) is 5. The minimum absolute atomic E-state index is 0.158. The molecule has 2 rings (SSSR count). The summed E-state index contributed by atoms with van der Waals surface area (Å²) in [5.41, 5.74) is 10.3. The molecule has 1 heterocycles. The van der Waals surface area contributed by atoms with E-state index >= 15 is 0 Å². The van der Waals surface area contributed by atoms with Gasteiger partial charge in [0.15, 0.2) is 0 Å². The molecule has 0 aliphatic heterocycles. The van der Waals surface area contributed by atoms with Crippen LogP contribution in [0.1, 0.15) is 70.2 Å². The molecule has 0 spiro atoms. The van der Waals surface area contributed by atoms with E-state index in [0.29, 0.717) is 18.8 Å². The number of amides is 2. The number of nitrogens with zero attached hydrogens (tertiary/aromatic N) is 1. The maximum atomic E-state index is 12.8. The van der Waals surface area contributed by atoms with Crippen molar-refractivity contribution in [1.82, 2.24) is 4.98 Å². The molecule has 1 aromatic heterocycles.